The molecule has 0 amide bonds. The van der Waals surface area contributed by atoms with Gasteiger partial charge in [0.25, 0.3) is 0 Å². The van der Waals surface area contributed by atoms with Gasteiger partial charge >= 0.3 is 0 Å². The summed E-state index contributed by atoms with van der Waals surface area (Å²) >= 11 is 0. The highest BCUT2D eigenvalue weighted by Gasteiger charge is 2.23. The van der Waals surface area contributed by atoms with Crippen molar-refractivity contribution in [3.05, 3.63) is 71.8 Å². The molecule has 1 unspecified atom stereocenters. The molecule has 2 heterocycles. The predicted octanol–water partition coefficient (Wildman–Crippen LogP) is 3.32. The molecule has 5 nitrogen and oxygen atoms in total. The summed E-state index contributed by atoms with van der Waals surface area (Å²) in [5, 5.41) is 7.07. The summed E-state index contributed by atoms with van der Waals surface area (Å²) in [4.78, 5) is 9.24. The van der Waals surface area contributed by atoms with E-state index in [1.165, 1.54) is 22.5 Å². The Balaban J connectivity index is 1.29. The van der Waals surface area contributed by atoms with Gasteiger partial charge in [-0.15, -0.1) is 0 Å². The van der Waals surface area contributed by atoms with Crippen molar-refractivity contribution in [2.75, 3.05) is 43.0 Å². The molecule has 1 fully saturated rings. The molecule has 152 valence electrons. The van der Waals surface area contributed by atoms with Crippen molar-refractivity contribution >= 4 is 17.3 Å². The molecule has 5 heteroatoms. The molecule has 0 radical (unpaired) electrons. The molecule has 2 N–H and O–H groups in total. The van der Waals surface area contributed by atoms with Crippen LogP contribution in [0.25, 0.3) is 0 Å². The van der Waals surface area contributed by atoms with E-state index in [0.717, 1.165) is 45.1 Å². The minimum atomic E-state index is 0.407. The first-order valence-corrected chi connectivity index (χ1v) is 10.5. The van der Waals surface area contributed by atoms with E-state index < -0.39 is 0 Å². The first kappa shape index (κ1) is 19.4. The van der Waals surface area contributed by atoms with Crippen LogP contribution in [0.3, 0.4) is 0 Å². The highest BCUT2D eigenvalue weighted by molar-refractivity contribution is 5.80. The van der Waals surface area contributed by atoms with Crippen LogP contribution in [0.1, 0.15) is 17.5 Å². The number of aryl methyl sites for hydroxylation is 1. The van der Waals surface area contributed by atoms with Crippen molar-refractivity contribution in [1.82, 2.24) is 10.6 Å². The van der Waals surface area contributed by atoms with Gasteiger partial charge in [0.2, 0.25) is 0 Å². The van der Waals surface area contributed by atoms with Crippen LogP contribution in [-0.2, 0) is 6.54 Å². The average molecular weight is 390 g/mol. The topological polar surface area (TPSA) is 42.9 Å². The zero-order valence-corrected chi connectivity index (χ0v) is 17.4. The standard InChI is InChI=1S/C24H31N5/c1-19-8-10-22(11-9-19)29-15-12-21(18-29)27-24(25-2)26-17-20-6-5-7-23(16-20)28-13-3-4-14-28/h3-11,16,21H,12-15,17-18H2,1-2H3,(H2,25,26,27). The monoisotopic (exact) mass is 389 g/mol. The second kappa shape index (κ2) is 9.03. The second-order valence-corrected chi connectivity index (χ2v) is 7.88. The largest absolute Gasteiger partial charge is 0.369 e. The van der Waals surface area contributed by atoms with Crippen LogP contribution in [0.4, 0.5) is 11.4 Å². The number of hydrogen-bond donors (Lipinski definition) is 2. The van der Waals surface area contributed by atoms with Gasteiger partial charge in [-0.25, -0.2) is 0 Å². The molecule has 2 aromatic rings. The van der Waals surface area contributed by atoms with Gasteiger partial charge in [0, 0.05) is 57.2 Å². The first-order chi connectivity index (χ1) is 14.2. The number of guanidine groups is 1. The summed E-state index contributed by atoms with van der Waals surface area (Å²) in [6, 6.07) is 18.0. The minimum absolute atomic E-state index is 0.407. The molecular formula is C24H31N5. The van der Waals surface area contributed by atoms with E-state index in [1.807, 2.05) is 7.05 Å². The quantitative estimate of drug-likeness (QED) is 0.468. The lowest BCUT2D eigenvalue weighted by Crippen LogP contribution is -2.44. The fourth-order valence-corrected chi connectivity index (χ4v) is 3.99. The maximum Gasteiger partial charge on any atom is 0.191 e. The Labute approximate surface area is 174 Å². The molecule has 2 aliphatic rings. The highest BCUT2D eigenvalue weighted by Crippen LogP contribution is 2.21. The van der Waals surface area contributed by atoms with E-state index >= 15 is 0 Å². The Kier molecular flexibility index (Phi) is 6.03. The number of rotatable bonds is 5. The fourth-order valence-electron chi connectivity index (χ4n) is 3.99. The zero-order chi connectivity index (χ0) is 20.1. The van der Waals surface area contributed by atoms with Gasteiger partial charge in [-0.3, -0.25) is 4.99 Å². The molecule has 2 aliphatic heterocycles. The zero-order valence-electron chi connectivity index (χ0n) is 17.4. The normalized spacial score (nSPS) is 19.1. The molecule has 0 saturated carbocycles. The lowest BCUT2D eigenvalue weighted by molar-refractivity contribution is 0.648. The Morgan fingerprint density at radius 1 is 1.03 bits per heavy atom. The number of anilines is 2. The van der Waals surface area contributed by atoms with Crippen LogP contribution in [0.2, 0.25) is 0 Å². The predicted molar refractivity (Wildman–Crippen MR) is 123 cm³/mol. The summed E-state index contributed by atoms with van der Waals surface area (Å²) < 4.78 is 0. The summed E-state index contributed by atoms with van der Waals surface area (Å²) in [6.07, 6.45) is 5.56. The van der Waals surface area contributed by atoms with Crippen LogP contribution in [0.15, 0.2) is 65.7 Å². The van der Waals surface area contributed by atoms with Crippen molar-refractivity contribution in [2.24, 2.45) is 4.99 Å². The van der Waals surface area contributed by atoms with Crippen molar-refractivity contribution in [3.63, 3.8) is 0 Å². The van der Waals surface area contributed by atoms with E-state index in [1.54, 1.807) is 0 Å². The molecule has 0 spiro atoms. The number of nitrogens with zero attached hydrogens (tertiary/aromatic N) is 3. The van der Waals surface area contributed by atoms with Crippen LogP contribution in [-0.4, -0.2) is 45.2 Å². The maximum atomic E-state index is 4.43. The molecule has 29 heavy (non-hydrogen) atoms. The van der Waals surface area contributed by atoms with Crippen LogP contribution < -0.4 is 20.4 Å². The van der Waals surface area contributed by atoms with Gasteiger partial charge < -0.3 is 20.4 Å². The maximum absolute atomic E-state index is 4.43. The number of hydrogen-bond acceptors (Lipinski definition) is 3. The molecule has 0 bridgehead atoms. The summed E-state index contributed by atoms with van der Waals surface area (Å²) in [6.45, 7) is 6.97. The van der Waals surface area contributed by atoms with Gasteiger partial charge in [0.05, 0.1) is 0 Å². The Morgan fingerprint density at radius 3 is 2.59 bits per heavy atom. The van der Waals surface area contributed by atoms with Gasteiger partial charge in [0.1, 0.15) is 0 Å². The van der Waals surface area contributed by atoms with Crippen molar-refractivity contribution < 1.29 is 0 Å². The number of benzene rings is 2. The highest BCUT2D eigenvalue weighted by atomic mass is 15.2. The van der Waals surface area contributed by atoms with E-state index in [4.69, 9.17) is 0 Å². The smallest absolute Gasteiger partial charge is 0.191 e. The van der Waals surface area contributed by atoms with E-state index in [0.29, 0.717) is 6.04 Å². The second-order valence-electron chi connectivity index (χ2n) is 7.88. The number of aliphatic imine (C=N–C) groups is 1. The Hall–Kier alpha value is -2.95. The van der Waals surface area contributed by atoms with Crippen molar-refractivity contribution in [2.45, 2.75) is 25.9 Å². The summed E-state index contributed by atoms with van der Waals surface area (Å²) in [7, 11) is 1.84. The van der Waals surface area contributed by atoms with E-state index in [-0.39, 0.29) is 0 Å². The van der Waals surface area contributed by atoms with Gasteiger partial charge in [-0.05, 0) is 43.2 Å². The van der Waals surface area contributed by atoms with Crippen LogP contribution in [0, 0.1) is 6.92 Å². The van der Waals surface area contributed by atoms with Gasteiger partial charge in [-0.2, -0.15) is 0 Å². The number of nitrogens with one attached hydrogen (secondary N) is 2. The van der Waals surface area contributed by atoms with Crippen molar-refractivity contribution in [3.8, 4) is 0 Å². The SMILES string of the molecule is CN=C(NCc1cccc(N2CC=CC2)c1)NC1CCN(c2ccc(C)cc2)C1. The third kappa shape index (κ3) is 4.91. The summed E-state index contributed by atoms with van der Waals surface area (Å²) in [5.41, 5.74) is 5.15. The molecule has 1 saturated heterocycles. The van der Waals surface area contributed by atoms with Gasteiger partial charge in [-0.1, -0.05) is 42.0 Å². The molecule has 2 aromatic carbocycles. The molecule has 4 rings (SSSR count). The third-order valence-electron chi connectivity index (χ3n) is 5.71. The van der Waals surface area contributed by atoms with Gasteiger partial charge in [0.15, 0.2) is 5.96 Å². The molecule has 1 atom stereocenters. The Bertz CT molecular complexity index is 863. The van der Waals surface area contributed by atoms with E-state index in [2.05, 4.69) is 93.0 Å². The lowest BCUT2D eigenvalue weighted by atomic mass is 10.2. The van der Waals surface area contributed by atoms with E-state index in [9.17, 15) is 0 Å². The van der Waals surface area contributed by atoms with Crippen molar-refractivity contribution in [1.29, 1.82) is 0 Å². The first-order valence-electron chi connectivity index (χ1n) is 10.5. The van der Waals surface area contributed by atoms with Crippen LogP contribution >= 0.6 is 0 Å². The fraction of sp³-hybridized carbons (Fsp3) is 0.375. The molecule has 0 aromatic heterocycles. The van der Waals surface area contributed by atoms with Crippen LogP contribution in [0.5, 0.6) is 0 Å². The molecule has 0 aliphatic carbocycles. The minimum Gasteiger partial charge on any atom is -0.369 e. The average Bonchev–Trinajstić information content (AvgIpc) is 3.44. The molecular weight excluding hydrogens is 358 g/mol. The summed E-state index contributed by atoms with van der Waals surface area (Å²) in [5.74, 6) is 0.869. The Morgan fingerprint density at radius 2 is 1.83 bits per heavy atom. The third-order valence-corrected chi connectivity index (χ3v) is 5.71. The lowest BCUT2D eigenvalue weighted by Gasteiger charge is -2.21.